The molecule has 1 nitrogen and oxygen atoms in total. The van der Waals surface area contributed by atoms with Crippen molar-refractivity contribution in [3.8, 4) is 0 Å². The van der Waals surface area contributed by atoms with Crippen molar-refractivity contribution in [1.82, 2.24) is 0 Å². The van der Waals surface area contributed by atoms with Crippen molar-refractivity contribution in [2.45, 2.75) is 13.8 Å². The maximum Gasteiger partial charge on any atom is 2.00 e. The number of hydrogen-bond donors (Lipinski definition) is 0. The fourth-order valence-corrected chi connectivity index (χ4v) is 0.204. The van der Waals surface area contributed by atoms with E-state index in [4.69, 9.17) is 4.74 Å². The number of ether oxygens (including phenoxy) is 1. The Morgan fingerprint density at radius 3 is 1.57 bits per heavy atom. The summed E-state index contributed by atoms with van der Waals surface area (Å²) in [6, 6.07) is 0. The van der Waals surface area contributed by atoms with Crippen LogP contribution in [0, 0.1) is 0 Å². The molecule has 0 rings (SSSR count). The van der Waals surface area contributed by atoms with Crippen LogP contribution in [0.5, 0.6) is 0 Å². The van der Waals surface area contributed by atoms with Gasteiger partial charge in [-0.1, -0.05) is 0 Å². The first kappa shape index (κ1) is 15.7. The Balaban J connectivity index is -0.0000000133. The fourth-order valence-electron chi connectivity index (χ4n) is 0.204. The van der Waals surface area contributed by atoms with Gasteiger partial charge in [-0.25, -0.2) is 0 Å². The van der Waals surface area contributed by atoms with Crippen LogP contribution in [-0.2, 0) is 4.74 Å². The zero-order valence-electron chi connectivity index (χ0n) is 6.94. The first-order valence-corrected chi connectivity index (χ1v) is 1.99. The molecule has 0 fully saturated rings. The molecule has 0 aliphatic rings. The smallest absolute Gasteiger partial charge is 1.00 e. The summed E-state index contributed by atoms with van der Waals surface area (Å²) < 4.78 is 4.83. The van der Waals surface area contributed by atoms with Gasteiger partial charge in [-0.3, -0.25) is 0 Å². The molecule has 0 heterocycles. The third-order valence-electron chi connectivity index (χ3n) is 0.408. The Morgan fingerprint density at radius 2 is 1.57 bits per heavy atom. The molecule has 3 heteroatoms. The molecule has 44 valence electrons. The predicted octanol–water partition coefficient (Wildman–Crippen LogP) is 1.31. The van der Waals surface area contributed by atoms with Crippen molar-refractivity contribution in [3.63, 3.8) is 0 Å². The maximum absolute atomic E-state index is 4.83. The molecule has 0 amide bonds. The number of hydrogen-bond acceptors (Lipinski definition) is 1. The molecular formula is C4H13BeClO. The van der Waals surface area contributed by atoms with Crippen molar-refractivity contribution in [3.05, 3.63) is 0 Å². The van der Waals surface area contributed by atoms with Crippen LogP contribution in [0.1, 0.15) is 16.7 Å². The van der Waals surface area contributed by atoms with Gasteiger partial charge in [0.25, 0.3) is 0 Å². The van der Waals surface area contributed by atoms with E-state index in [9.17, 15) is 0 Å². The Morgan fingerprint density at radius 1 is 1.29 bits per heavy atom. The molecular weight excluding hydrogens is 109 g/mol. The molecule has 0 unspecified atom stereocenters. The molecule has 0 aromatic heterocycles. The van der Waals surface area contributed by atoms with Crippen LogP contribution >= 0.6 is 12.4 Å². The van der Waals surface area contributed by atoms with Gasteiger partial charge in [-0.15, -0.1) is 12.4 Å². The molecule has 0 aliphatic carbocycles. The molecule has 0 atom stereocenters. The first-order chi connectivity index (χ1) is 2.41. The Labute approximate surface area is 58.0 Å². The van der Waals surface area contributed by atoms with Crippen molar-refractivity contribution >= 4 is 22.5 Å². The summed E-state index contributed by atoms with van der Waals surface area (Å²) >= 11 is 0. The van der Waals surface area contributed by atoms with Gasteiger partial charge in [-0.05, 0) is 13.8 Å². The summed E-state index contributed by atoms with van der Waals surface area (Å²) in [5.74, 6) is 0. The molecule has 0 bridgehead atoms. The van der Waals surface area contributed by atoms with E-state index in [2.05, 4.69) is 0 Å². The minimum Gasteiger partial charge on any atom is -1.00 e. The van der Waals surface area contributed by atoms with E-state index in [1.54, 1.807) is 0 Å². The van der Waals surface area contributed by atoms with Gasteiger partial charge < -0.3 is 7.59 Å². The fraction of sp³-hybridized carbons (Fsp3) is 1.00. The molecule has 7 heavy (non-hydrogen) atoms. The molecule has 0 aromatic rings. The maximum atomic E-state index is 4.83. The molecule has 0 N–H and O–H groups in total. The van der Waals surface area contributed by atoms with E-state index < -0.39 is 0 Å². The average Bonchev–Trinajstić information content (AvgIpc) is 1.41. The summed E-state index contributed by atoms with van der Waals surface area (Å²) in [7, 11) is 0. The molecule has 0 aromatic carbocycles. The van der Waals surface area contributed by atoms with Gasteiger partial charge in [0.1, 0.15) is 0 Å². The van der Waals surface area contributed by atoms with E-state index in [-0.39, 0.29) is 25.4 Å². The minimum atomic E-state index is 0. The number of halogens is 1. The van der Waals surface area contributed by atoms with Crippen LogP contribution < -0.4 is 0 Å². The van der Waals surface area contributed by atoms with Crippen LogP contribution in [-0.4, -0.2) is 23.3 Å². The van der Waals surface area contributed by atoms with E-state index in [0.29, 0.717) is 0 Å². The van der Waals surface area contributed by atoms with Crippen LogP contribution in [0.15, 0.2) is 0 Å². The second kappa shape index (κ2) is 16.1. The van der Waals surface area contributed by atoms with Crippen molar-refractivity contribution in [2.24, 2.45) is 0 Å². The van der Waals surface area contributed by atoms with E-state index in [1.807, 2.05) is 13.8 Å². The summed E-state index contributed by atoms with van der Waals surface area (Å²) in [5, 5.41) is 0. The zero-order valence-corrected chi connectivity index (χ0v) is 5.75. The van der Waals surface area contributed by atoms with Crippen molar-refractivity contribution < 1.29 is 7.59 Å². The molecule has 0 saturated carbocycles. The molecule has 0 spiro atoms. The normalized spacial score (nSPS) is 6.00. The third kappa shape index (κ3) is 21.4. The third-order valence-corrected chi connectivity index (χ3v) is 0.408. The van der Waals surface area contributed by atoms with Gasteiger partial charge in [0, 0.05) is 13.2 Å². The van der Waals surface area contributed by atoms with Crippen LogP contribution in [0.3, 0.4) is 0 Å². The topological polar surface area (TPSA) is 9.23 Å². The summed E-state index contributed by atoms with van der Waals surface area (Å²) in [5.41, 5.74) is 0. The standard InChI is InChI=1S/C4H10O.Be.ClH.2H/c1-3-5-4-2;;;;/h3-4H2,1-2H3;;1H;;/q;+2;;2*-1. The minimum absolute atomic E-state index is 0. The van der Waals surface area contributed by atoms with Gasteiger partial charge in [-0.2, -0.15) is 0 Å². The van der Waals surface area contributed by atoms with Crippen LogP contribution in [0.2, 0.25) is 0 Å². The van der Waals surface area contributed by atoms with Gasteiger partial charge in [0.15, 0.2) is 0 Å². The molecule has 0 radical (unpaired) electrons. The second-order valence-corrected chi connectivity index (χ2v) is 0.781. The summed E-state index contributed by atoms with van der Waals surface area (Å²) in [6.45, 7) is 5.67. The zero-order chi connectivity index (χ0) is 4.12. The second-order valence-electron chi connectivity index (χ2n) is 0.781. The summed E-state index contributed by atoms with van der Waals surface area (Å²) in [4.78, 5) is 0. The Bertz CT molecular complexity index is 26.0. The first-order valence-electron chi connectivity index (χ1n) is 1.99. The van der Waals surface area contributed by atoms with Crippen LogP contribution in [0.25, 0.3) is 0 Å². The largest absolute Gasteiger partial charge is 2.00 e. The van der Waals surface area contributed by atoms with Crippen molar-refractivity contribution in [1.29, 1.82) is 0 Å². The number of rotatable bonds is 2. The average molecular weight is 122 g/mol. The summed E-state index contributed by atoms with van der Waals surface area (Å²) in [6.07, 6.45) is 0. The van der Waals surface area contributed by atoms with E-state index in [0.717, 1.165) is 13.2 Å². The van der Waals surface area contributed by atoms with E-state index >= 15 is 0 Å². The van der Waals surface area contributed by atoms with Crippen molar-refractivity contribution in [2.75, 3.05) is 13.2 Å². The molecule has 0 aliphatic heterocycles. The monoisotopic (exact) mass is 121 g/mol. The van der Waals surface area contributed by atoms with Crippen LogP contribution in [0.4, 0.5) is 0 Å². The Kier molecular flexibility index (Phi) is 36.1. The molecule has 0 saturated heterocycles. The van der Waals surface area contributed by atoms with Gasteiger partial charge in [0.05, 0.1) is 0 Å². The SMILES string of the molecule is CCOCC.Cl.[Be+2].[H-].[H-]. The quantitative estimate of drug-likeness (QED) is 0.501. The van der Waals surface area contributed by atoms with Gasteiger partial charge >= 0.3 is 10.1 Å². The van der Waals surface area contributed by atoms with E-state index in [1.165, 1.54) is 0 Å². The van der Waals surface area contributed by atoms with Gasteiger partial charge in [0.2, 0.25) is 0 Å². The predicted molar refractivity (Wildman–Crippen MR) is 37.4 cm³/mol. The Hall–Kier alpha value is 0.419.